The summed E-state index contributed by atoms with van der Waals surface area (Å²) in [5.41, 5.74) is 6.14. The van der Waals surface area contributed by atoms with E-state index in [0.29, 0.717) is 17.5 Å². The molecular formula is C44H26N4S. The summed E-state index contributed by atoms with van der Waals surface area (Å²) in [6.07, 6.45) is 1.85. The molecule has 0 saturated heterocycles. The third-order valence-electron chi connectivity index (χ3n) is 9.36. The number of hydrogen-bond acceptors (Lipinski definition) is 5. The Labute approximate surface area is 286 Å². The fourth-order valence-electron chi connectivity index (χ4n) is 7.04. The van der Waals surface area contributed by atoms with Crippen LogP contribution in [0.2, 0.25) is 0 Å². The quantitative estimate of drug-likeness (QED) is 0.179. The number of rotatable bonds is 4. The normalized spacial score (nSPS) is 11.7. The van der Waals surface area contributed by atoms with Gasteiger partial charge in [-0.15, -0.1) is 11.3 Å². The van der Waals surface area contributed by atoms with Gasteiger partial charge in [0.1, 0.15) is 0 Å². The van der Waals surface area contributed by atoms with Crippen LogP contribution in [0.25, 0.3) is 97.9 Å². The van der Waals surface area contributed by atoms with E-state index >= 15 is 0 Å². The lowest BCUT2D eigenvalue weighted by Gasteiger charge is -2.13. The number of pyridine rings is 1. The van der Waals surface area contributed by atoms with E-state index in [9.17, 15) is 0 Å². The van der Waals surface area contributed by atoms with E-state index < -0.39 is 0 Å². The zero-order valence-electron chi connectivity index (χ0n) is 26.2. The SMILES string of the molecule is c1ccc(-c2nc(-c3cccc(-c4cccc5ccc6c7cccnc7ccc6c45)c3)nc(-c3ccc4c(c3)sc3ccccc34)n2)cc1. The molecule has 0 atom stereocenters. The highest BCUT2D eigenvalue weighted by Gasteiger charge is 2.16. The molecule has 0 spiro atoms. The largest absolute Gasteiger partial charge is 0.256 e. The predicted octanol–water partition coefficient (Wildman–Crippen LogP) is 11.8. The number of thiophene rings is 1. The van der Waals surface area contributed by atoms with Crippen LogP contribution in [0.4, 0.5) is 0 Å². The van der Waals surface area contributed by atoms with Crippen molar-refractivity contribution in [2.24, 2.45) is 0 Å². The van der Waals surface area contributed by atoms with Crippen LogP contribution in [0.1, 0.15) is 0 Å². The molecule has 10 aromatic rings. The van der Waals surface area contributed by atoms with Gasteiger partial charge in [0.2, 0.25) is 0 Å². The topological polar surface area (TPSA) is 51.6 Å². The van der Waals surface area contributed by atoms with Crippen molar-refractivity contribution in [3.05, 3.63) is 158 Å². The molecule has 0 radical (unpaired) electrons. The van der Waals surface area contributed by atoms with Crippen LogP contribution in [0.15, 0.2) is 158 Å². The van der Waals surface area contributed by atoms with E-state index in [4.69, 9.17) is 15.0 Å². The van der Waals surface area contributed by atoms with Crippen molar-refractivity contribution in [2.75, 3.05) is 0 Å². The number of aromatic nitrogens is 4. The summed E-state index contributed by atoms with van der Waals surface area (Å²) in [6.45, 7) is 0. The molecule has 0 amide bonds. The van der Waals surface area contributed by atoms with Gasteiger partial charge in [0, 0.05) is 48.4 Å². The van der Waals surface area contributed by atoms with Crippen LogP contribution < -0.4 is 0 Å². The van der Waals surface area contributed by atoms with Crippen LogP contribution in [0.3, 0.4) is 0 Å². The minimum Gasteiger partial charge on any atom is -0.256 e. The van der Waals surface area contributed by atoms with E-state index in [1.54, 1.807) is 11.3 Å². The molecule has 7 aromatic carbocycles. The average Bonchev–Trinajstić information content (AvgIpc) is 3.55. The number of nitrogens with zero attached hydrogens (tertiary/aromatic N) is 4. The average molecular weight is 643 g/mol. The summed E-state index contributed by atoms with van der Waals surface area (Å²) in [7, 11) is 0. The van der Waals surface area contributed by atoms with Gasteiger partial charge in [-0.3, -0.25) is 4.98 Å². The van der Waals surface area contributed by atoms with Crippen molar-refractivity contribution in [3.63, 3.8) is 0 Å². The summed E-state index contributed by atoms with van der Waals surface area (Å²) in [5, 5.41) is 8.52. The molecule has 4 nitrogen and oxygen atoms in total. The molecule has 0 unspecified atom stereocenters. The first-order valence-electron chi connectivity index (χ1n) is 16.3. The highest BCUT2D eigenvalue weighted by atomic mass is 32.1. The van der Waals surface area contributed by atoms with Gasteiger partial charge in [-0.25, -0.2) is 15.0 Å². The Balaban J connectivity index is 1.15. The number of benzene rings is 7. The first-order chi connectivity index (χ1) is 24.3. The lowest BCUT2D eigenvalue weighted by Crippen LogP contribution is -2.00. The minimum absolute atomic E-state index is 0.643. The highest BCUT2D eigenvalue weighted by Crippen LogP contribution is 2.39. The third kappa shape index (κ3) is 4.66. The first-order valence-corrected chi connectivity index (χ1v) is 17.1. The molecule has 0 fully saturated rings. The van der Waals surface area contributed by atoms with Crippen molar-refractivity contribution >= 4 is 64.0 Å². The van der Waals surface area contributed by atoms with E-state index in [2.05, 4.69) is 132 Å². The zero-order valence-corrected chi connectivity index (χ0v) is 27.0. The maximum atomic E-state index is 5.12. The van der Waals surface area contributed by atoms with Gasteiger partial charge in [-0.2, -0.15) is 0 Å². The molecule has 49 heavy (non-hydrogen) atoms. The molecule has 0 saturated carbocycles. The molecule has 10 rings (SSSR count). The first kappa shape index (κ1) is 27.8. The molecule has 0 N–H and O–H groups in total. The second kappa shape index (κ2) is 11.2. The van der Waals surface area contributed by atoms with Crippen LogP contribution in [0.5, 0.6) is 0 Å². The zero-order chi connectivity index (χ0) is 32.3. The summed E-state index contributed by atoms with van der Waals surface area (Å²) in [6, 6.07) is 53.3. The van der Waals surface area contributed by atoms with Crippen molar-refractivity contribution in [1.29, 1.82) is 0 Å². The van der Waals surface area contributed by atoms with Gasteiger partial charge in [0.05, 0.1) is 5.52 Å². The van der Waals surface area contributed by atoms with Crippen molar-refractivity contribution in [1.82, 2.24) is 19.9 Å². The van der Waals surface area contributed by atoms with Gasteiger partial charge in [-0.05, 0) is 63.0 Å². The van der Waals surface area contributed by atoms with Crippen LogP contribution in [-0.4, -0.2) is 19.9 Å². The molecule has 3 heterocycles. The molecule has 0 aliphatic rings. The molecule has 3 aromatic heterocycles. The van der Waals surface area contributed by atoms with E-state index in [-0.39, 0.29) is 0 Å². The van der Waals surface area contributed by atoms with Crippen molar-refractivity contribution in [2.45, 2.75) is 0 Å². The Morgan fingerprint density at radius 1 is 0.388 bits per heavy atom. The van der Waals surface area contributed by atoms with E-state index in [0.717, 1.165) is 33.2 Å². The summed E-state index contributed by atoms with van der Waals surface area (Å²) in [5.74, 6) is 1.95. The Morgan fingerprint density at radius 2 is 1.06 bits per heavy atom. The standard InChI is InChI=1S/C44H26N4S/c1-2-9-28(10-3-1)42-46-43(48-44(47-42)31-19-21-36-35-14-4-5-17-39(35)49-40(36)26-31)30-13-6-12-29(25-30)32-15-7-11-27-18-20-33-34-16-8-24-45-38(34)23-22-37(33)41(27)32/h1-26H. The fourth-order valence-corrected chi connectivity index (χ4v) is 8.18. The number of hydrogen-bond donors (Lipinski definition) is 0. The van der Waals surface area contributed by atoms with Gasteiger partial charge in [0.15, 0.2) is 17.5 Å². The van der Waals surface area contributed by atoms with Crippen molar-refractivity contribution < 1.29 is 0 Å². The Kier molecular flexibility index (Phi) is 6.32. The summed E-state index contributed by atoms with van der Waals surface area (Å²) >= 11 is 1.80. The maximum Gasteiger partial charge on any atom is 0.164 e. The van der Waals surface area contributed by atoms with Crippen LogP contribution in [0, 0.1) is 0 Å². The maximum absolute atomic E-state index is 5.12. The highest BCUT2D eigenvalue weighted by molar-refractivity contribution is 7.25. The van der Waals surface area contributed by atoms with Gasteiger partial charge >= 0.3 is 0 Å². The Morgan fingerprint density at radius 3 is 1.96 bits per heavy atom. The molecule has 0 aliphatic heterocycles. The number of fused-ring (bicyclic) bond motifs is 8. The van der Waals surface area contributed by atoms with E-state index in [1.165, 1.54) is 47.3 Å². The monoisotopic (exact) mass is 642 g/mol. The predicted molar refractivity (Wildman–Crippen MR) is 205 cm³/mol. The molecule has 0 bridgehead atoms. The minimum atomic E-state index is 0.643. The van der Waals surface area contributed by atoms with Gasteiger partial charge in [0.25, 0.3) is 0 Å². The van der Waals surface area contributed by atoms with E-state index in [1.807, 2.05) is 30.5 Å². The Bertz CT molecular complexity index is 2890. The summed E-state index contributed by atoms with van der Waals surface area (Å²) < 4.78 is 2.49. The lowest BCUT2D eigenvalue weighted by atomic mass is 9.92. The lowest BCUT2D eigenvalue weighted by molar-refractivity contribution is 1.07. The van der Waals surface area contributed by atoms with Crippen LogP contribution in [-0.2, 0) is 0 Å². The second-order valence-electron chi connectivity index (χ2n) is 12.3. The molecule has 0 aliphatic carbocycles. The molecular weight excluding hydrogens is 617 g/mol. The Hall–Kier alpha value is -6.30. The van der Waals surface area contributed by atoms with Crippen molar-refractivity contribution in [3.8, 4) is 45.3 Å². The van der Waals surface area contributed by atoms with Gasteiger partial charge in [-0.1, -0.05) is 121 Å². The van der Waals surface area contributed by atoms with Gasteiger partial charge < -0.3 is 0 Å². The van der Waals surface area contributed by atoms with Crippen LogP contribution >= 0.6 is 11.3 Å². The smallest absolute Gasteiger partial charge is 0.164 e. The summed E-state index contributed by atoms with van der Waals surface area (Å²) in [4.78, 5) is 19.8. The fraction of sp³-hybridized carbons (Fsp3) is 0. The third-order valence-corrected chi connectivity index (χ3v) is 10.5. The second-order valence-corrected chi connectivity index (χ2v) is 13.3. The molecule has 228 valence electrons. The molecule has 5 heteroatoms.